The first-order chi connectivity index (χ1) is 15.6. The lowest BCUT2D eigenvalue weighted by atomic mass is 9.96. The maximum absolute atomic E-state index is 4.99. The number of fused-ring (bicyclic) bond motifs is 3. The molecule has 1 aromatic heterocycles. The average Bonchev–Trinajstić information content (AvgIpc) is 3.15. The van der Waals surface area contributed by atoms with Crippen LogP contribution < -0.4 is 0 Å². The van der Waals surface area contributed by atoms with Crippen LogP contribution in [0, 0.1) is 0 Å². The highest BCUT2D eigenvalue weighted by molar-refractivity contribution is 9.10. The summed E-state index contributed by atoms with van der Waals surface area (Å²) in [5.74, 6) is 1.88. The normalized spacial score (nSPS) is 13.8. The van der Waals surface area contributed by atoms with E-state index in [2.05, 4.69) is 111 Å². The van der Waals surface area contributed by atoms with E-state index in [-0.39, 0.29) is 5.92 Å². The van der Waals surface area contributed by atoms with E-state index in [0.717, 1.165) is 45.2 Å². The maximum Gasteiger partial charge on any atom is 0.159 e. The van der Waals surface area contributed by atoms with Crippen LogP contribution >= 0.6 is 15.9 Å². The summed E-state index contributed by atoms with van der Waals surface area (Å²) >= 11 is 3.66. The van der Waals surface area contributed by atoms with E-state index >= 15 is 0 Å². The van der Waals surface area contributed by atoms with Crippen LogP contribution in [-0.2, 0) is 6.54 Å². The monoisotopic (exact) mass is 485 g/mol. The van der Waals surface area contributed by atoms with E-state index in [1.165, 1.54) is 5.56 Å². The standard InChI is InChI=1S/C26H24BrN5/c1-31(2)17-22(18-9-5-3-6-10-18)26-30-29-24-16-28-25(19-11-7-4-8-12-19)21-15-20(27)13-14-23(21)32(24)26/h3-15,22H,16-17H2,1-2H3. The SMILES string of the molecule is CN(C)CC(c1ccccc1)c1nnc2n1-c1ccc(Br)cc1C(c1ccccc1)=NC2. The minimum absolute atomic E-state index is 0.0854. The van der Waals surface area contributed by atoms with Gasteiger partial charge in [0.2, 0.25) is 0 Å². The van der Waals surface area contributed by atoms with Gasteiger partial charge in [0.1, 0.15) is 12.4 Å². The third-order valence-electron chi connectivity index (χ3n) is 5.70. The molecular weight excluding hydrogens is 462 g/mol. The Morgan fingerprint density at radius 1 is 0.938 bits per heavy atom. The molecule has 0 fully saturated rings. The van der Waals surface area contributed by atoms with Crippen LogP contribution in [0.1, 0.15) is 34.3 Å². The summed E-state index contributed by atoms with van der Waals surface area (Å²) < 4.78 is 3.23. The molecule has 32 heavy (non-hydrogen) atoms. The second kappa shape index (κ2) is 8.81. The lowest BCUT2D eigenvalue weighted by Gasteiger charge is -2.23. The van der Waals surface area contributed by atoms with Crippen molar-refractivity contribution in [1.82, 2.24) is 19.7 Å². The van der Waals surface area contributed by atoms with E-state index in [1.807, 2.05) is 12.1 Å². The Morgan fingerprint density at radius 2 is 1.66 bits per heavy atom. The zero-order chi connectivity index (χ0) is 22.1. The van der Waals surface area contributed by atoms with Gasteiger partial charge in [0.25, 0.3) is 0 Å². The first kappa shape index (κ1) is 20.8. The predicted octanol–water partition coefficient (Wildman–Crippen LogP) is 5.07. The van der Waals surface area contributed by atoms with Crippen LogP contribution in [0.4, 0.5) is 0 Å². The Bertz CT molecular complexity index is 1260. The molecule has 0 bridgehead atoms. The van der Waals surface area contributed by atoms with Crippen molar-refractivity contribution in [3.63, 3.8) is 0 Å². The molecule has 1 aliphatic rings. The number of likely N-dealkylation sites (N-methyl/N-ethyl adjacent to an activating group) is 1. The molecular formula is C26H24BrN5. The quantitative estimate of drug-likeness (QED) is 0.396. The summed E-state index contributed by atoms with van der Waals surface area (Å²) in [6.45, 7) is 1.31. The Labute approximate surface area is 196 Å². The van der Waals surface area contributed by atoms with Gasteiger partial charge in [0.15, 0.2) is 5.82 Å². The predicted molar refractivity (Wildman–Crippen MR) is 132 cm³/mol. The molecule has 0 aliphatic carbocycles. The van der Waals surface area contributed by atoms with Gasteiger partial charge < -0.3 is 4.90 Å². The molecule has 5 nitrogen and oxygen atoms in total. The minimum atomic E-state index is 0.0854. The van der Waals surface area contributed by atoms with Crippen molar-refractivity contribution in [2.24, 2.45) is 4.99 Å². The summed E-state index contributed by atoms with van der Waals surface area (Å²) in [7, 11) is 4.19. The van der Waals surface area contributed by atoms with Crippen LogP contribution in [0.2, 0.25) is 0 Å². The van der Waals surface area contributed by atoms with E-state index < -0.39 is 0 Å². The molecule has 160 valence electrons. The van der Waals surface area contributed by atoms with Crippen molar-refractivity contribution in [3.8, 4) is 5.69 Å². The van der Waals surface area contributed by atoms with Crippen molar-refractivity contribution in [2.75, 3.05) is 20.6 Å². The van der Waals surface area contributed by atoms with Crippen molar-refractivity contribution in [1.29, 1.82) is 0 Å². The van der Waals surface area contributed by atoms with E-state index in [9.17, 15) is 0 Å². The van der Waals surface area contributed by atoms with E-state index in [0.29, 0.717) is 6.54 Å². The molecule has 5 rings (SSSR count). The van der Waals surface area contributed by atoms with Crippen LogP contribution in [0.3, 0.4) is 0 Å². The van der Waals surface area contributed by atoms with Gasteiger partial charge in [-0.2, -0.15) is 0 Å². The van der Waals surface area contributed by atoms with Gasteiger partial charge in [0, 0.05) is 22.1 Å². The molecule has 3 aromatic carbocycles. The number of halogens is 1. The highest BCUT2D eigenvalue weighted by Crippen LogP contribution is 2.32. The van der Waals surface area contributed by atoms with Crippen LogP contribution in [0.15, 0.2) is 88.3 Å². The van der Waals surface area contributed by atoms with E-state index in [1.54, 1.807) is 0 Å². The first-order valence-electron chi connectivity index (χ1n) is 10.7. The smallest absolute Gasteiger partial charge is 0.159 e. The van der Waals surface area contributed by atoms with Gasteiger partial charge in [-0.1, -0.05) is 76.6 Å². The van der Waals surface area contributed by atoms with Gasteiger partial charge in [-0.05, 0) is 37.9 Å². The summed E-state index contributed by atoms with van der Waals surface area (Å²) in [6.07, 6.45) is 0. The Morgan fingerprint density at radius 3 is 2.38 bits per heavy atom. The summed E-state index contributed by atoms with van der Waals surface area (Å²) in [6, 6.07) is 27.2. The molecule has 0 saturated carbocycles. The average molecular weight is 486 g/mol. The molecule has 0 radical (unpaired) electrons. The van der Waals surface area contributed by atoms with Crippen LogP contribution in [0.5, 0.6) is 0 Å². The fourth-order valence-corrected chi connectivity index (χ4v) is 4.64. The van der Waals surface area contributed by atoms with Gasteiger partial charge in [0.05, 0.1) is 17.3 Å². The second-order valence-electron chi connectivity index (χ2n) is 8.23. The fraction of sp³-hybridized carbons (Fsp3) is 0.192. The third kappa shape index (κ3) is 3.92. The number of hydrogen-bond donors (Lipinski definition) is 0. The molecule has 1 atom stereocenters. The number of benzene rings is 3. The van der Waals surface area contributed by atoms with Gasteiger partial charge >= 0.3 is 0 Å². The summed E-state index contributed by atoms with van der Waals surface area (Å²) in [5, 5.41) is 9.29. The molecule has 4 aromatic rings. The number of nitrogens with zero attached hydrogens (tertiary/aromatic N) is 5. The molecule has 0 spiro atoms. The fourth-order valence-electron chi connectivity index (χ4n) is 4.28. The Hall–Kier alpha value is -3.09. The van der Waals surface area contributed by atoms with E-state index in [4.69, 9.17) is 10.1 Å². The number of hydrogen-bond acceptors (Lipinski definition) is 4. The first-order valence-corrected chi connectivity index (χ1v) is 11.4. The second-order valence-corrected chi connectivity index (χ2v) is 9.14. The van der Waals surface area contributed by atoms with Crippen LogP contribution in [-0.4, -0.2) is 46.0 Å². The summed E-state index contributed by atoms with van der Waals surface area (Å²) in [4.78, 5) is 7.18. The molecule has 1 unspecified atom stereocenters. The maximum atomic E-state index is 4.99. The number of aromatic nitrogens is 3. The molecule has 1 aliphatic heterocycles. The lowest BCUT2D eigenvalue weighted by molar-refractivity contribution is 0.384. The van der Waals surface area contributed by atoms with Gasteiger partial charge in [-0.3, -0.25) is 9.56 Å². The topological polar surface area (TPSA) is 46.3 Å². The van der Waals surface area contributed by atoms with Gasteiger partial charge in [-0.25, -0.2) is 0 Å². The zero-order valence-corrected chi connectivity index (χ0v) is 19.7. The minimum Gasteiger partial charge on any atom is -0.308 e. The lowest BCUT2D eigenvalue weighted by Crippen LogP contribution is -2.24. The highest BCUT2D eigenvalue weighted by atomic mass is 79.9. The highest BCUT2D eigenvalue weighted by Gasteiger charge is 2.28. The largest absolute Gasteiger partial charge is 0.308 e. The Kier molecular flexibility index (Phi) is 5.72. The molecule has 0 N–H and O–H groups in total. The molecule has 2 heterocycles. The molecule has 6 heteroatoms. The zero-order valence-electron chi connectivity index (χ0n) is 18.1. The van der Waals surface area contributed by atoms with Crippen LogP contribution in [0.25, 0.3) is 5.69 Å². The van der Waals surface area contributed by atoms with Crippen molar-refractivity contribution in [3.05, 3.63) is 112 Å². The molecule has 0 saturated heterocycles. The number of rotatable bonds is 5. The van der Waals surface area contributed by atoms with Gasteiger partial charge in [-0.15, -0.1) is 10.2 Å². The van der Waals surface area contributed by atoms with Crippen molar-refractivity contribution in [2.45, 2.75) is 12.5 Å². The summed E-state index contributed by atoms with van der Waals surface area (Å²) in [5.41, 5.74) is 5.43. The number of aliphatic imine (C=N–C) groups is 1. The van der Waals surface area contributed by atoms with Crippen molar-refractivity contribution < 1.29 is 0 Å². The Balaban J connectivity index is 1.71. The third-order valence-corrected chi connectivity index (χ3v) is 6.19. The van der Waals surface area contributed by atoms with Crippen molar-refractivity contribution >= 4 is 21.6 Å². The molecule has 0 amide bonds.